The van der Waals surface area contributed by atoms with Crippen LogP contribution in [-0.4, -0.2) is 21.0 Å². The average Bonchev–Trinajstić information content (AvgIpc) is 3.04. The molecule has 118 valence electrons. The van der Waals surface area contributed by atoms with Gasteiger partial charge in [-0.15, -0.1) is 0 Å². The second-order valence-corrected chi connectivity index (χ2v) is 6.66. The molecule has 21 heavy (non-hydrogen) atoms. The van der Waals surface area contributed by atoms with E-state index in [0.29, 0.717) is 12.5 Å². The molecule has 1 aliphatic heterocycles. The lowest BCUT2D eigenvalue weighted by Crippen LogP contribution is -2.39. The lowest BCUT2D eigenvalue weighted by Gasteiger charge is -2.32. The standard InChI is InChI=1S/C17H29N3O/c1-4-6-7-8-10-17(3,9-5-2)16(21)20-12-14-11-18-19-15(14)13-20/h11H,4-10,12-13H2,1-3H3,(H,18,19). The van der Waals surface area contributed by atoms with Crippen LogP contribution in [0.3, 0.4) is 0 Å². The topological polar surface area (TPSA) is 49.0 Å². The van der Waals surface area contributed by atoms with E-state index in [1.165, 1.54) is 24.8 Å². The second kappa shape index (κ2) is 7.10. The average molecular weight is 291 g/mol. The van der Waals surface area contributed by atoms with Gasteiger partial charge in [-0.1, -0.05) is 52.9 Å². The number of aromatic nitrogens is 2. The van der Waals surface area contributed by atoms with Gasteiger partial charge in [0.25, 0.3) is 0 Å². The van der Waals surface area contributed by atoms with Crippen molar-refractivity contribution in [3.63, 3.8) is 0 Å². The highest BCUT2D eigenvalue weighted by Gasteiger charge is 2.37. The van der Waals surface area contributed by atoms with Crippen LogP contribution >= 0.6 is 0 Å². The fraction of sp³-hybridized carbons (Fsp3) is 0.765. The normalized spacial score (nSPS) is 16.8. The molecule has 1 aromatic heterocycles. The summed E-state index contributed by atoms with van der Waals surface area (Å²) in [6.45, 7) is 7.98. The van der Waals surface area contributed by atoms with Crippen LogP contribution in [-0.2, 0) is 17.9 Å². The smallest absolute Gasteiger partial charge is 0.229 e. The Hall–Kier alpha value is -1.32. The summed E-state index contributed by atoms with van der Waals surface area (Å²) >= 11 is 0. The quantitative estimate of drug-likeness (QED) is 0.735. The summed E-state index contributed by atoms with van der Waals surface area (Å²) in [5, 5.41) is 7.05. The maximum atomic E-state index is 13.0. The molecule has 0 fully saturated rings. The van der Waals surface area contributed by atoms with Crippen molar-refractivity contribution in [2.45, 2.75) is 78.8 Å². The van der Waals surface area contributed by atoms with Crippen LogP contribution in [0.4, 0.5) is 0 Å². The van der Waals surface area contributed by atoms with Gasteiger partial charge in [-0.05, 0) is 12.8 Å². The van der Waals surface area contributed by atoms with Crippen LogP contribution < -0.4 is 0 Å². The summed E-state index contributed by atoms with van der Waals surface area (Å²) in [5.74, 6) is 0.324. The van der Waals surface area contributed by atoms with Crippen molar-refractivity contribution in [3.05, 3.63) is 17.5 Å². The molecule has 2 rings (SSSR count). The number of carbonyl (C=O) groups excluding carboxylic acids is 1. The molecule has 4 heteroatoms. The first kappa shape index (κ1) is 16.1. The Morgan fingerprint density at radius 2 is 2.05 bits per heavy atom. The zero-order chi connectivity index (χ0) is 15.3. The molecule has 1 atom stereocenters. The number of H-pyrrole nitrogens is 1. The molecule has 0 radical (unpaired) electrons. The van der Waals surface area contributed by atoms with Gasteiger partial charge in [-0.25, -0.2) is 0 Å². The highest BCUT2D eigenvalue weighted by molar-refractivity contribution is 5.82. The van der Waals surface area contributed by atoms with Crippen molar-refractivity contribution in [3.8, 4) is 0 Å². The zero-order valence-electron chi connectivity index (χ0n) is 13.7. The fourth-order valence-corrected chi connectivity index (χ4v) is 3.42. The molecule has 0 saturated carbocycles. The van der Waals surface area contributed by atoms with Crippen LogP contribution in [0, 0.1) is 5.41 Å². The van der Waals surface area contributed by atoms with E-state index in [9.17, 15) is 4.79 Å². The Morgan fingerprint density at radius 1 is 1.24 bits per heavy atom. The van der Waals surface area contributed by atoms with Gasteiger partial charge in [0.1, 0.15) is 0 Å². The number of hydrogen-bond acceptors (Lipinski definition) is 2. The minimum Gasteiger partial charge on any atom is -0.332 e. The van der Waals surface area contributed by atoms with Crippen molar-refractivity contribution in [2.75, 3.05) is 0 Å². The minimum absolute atomic E-state index is 0.195. The molecule has 2 heterocycles. The number of amides is 1. The number of nitrogens with zero attached hydrogens (tertiary/aromatic N) is 2. The Balaban J connectivity index is 1.96. The van der Waals surface area contributed by atoms with E-state index in [1.807, 2.05) is 11.1 Å². The van der Waals surface area contributed by atoms with Gasteiger partial charge in [-0.2, -0.15) is 5.10 Å². The maximum Gasteiger partial charge on any atom is 0.229 e. The highest BCUT2D eigenvalue weighted by Crippen LogP contribution is 2.35. The van der Waals surface area contributed by atoms with Gasteiger partial charge < -0.3 is 4.90 Å². The Labute approximate surface area is 128 Å². The third-order valence-electron chi connectivity index (χ3n) is 4.71. The first-order chi connectivity index (χ1) is 10.1. The number of rotatable bonds is 8. The molecule has 0 bridgehead atoms. The van der Waals surface area contributed by atoms with E-state index < -0.39 is 0 Å². The molecular formula is C17H29N3O. The second-order valence-electron chi connectivity index (χ2n) is 6.66. The SMILES string of the molecule is CCCCCCC(C)(CCC)C(=O)N1Cc2cn[nH]c2C1. The van der Waals surface area contributed by atoms with E-state index in [0.717, 1.165) is 37.9 Å². The van der Waals surface area contributed by atoms with Crippen LogP contribution in [0.5, 0.6) is 0 Å². The molecule has 0 aromatic carbocycles. The molecule has 1 amide bonds. The molecule has 1 aliphatic rings. The Bertz CT molecular complexity index is 448. The lowest BCUT2D eigenvalue weighted by molar-refractivity contribution is -0.143. The summed E-state index contributed by atoms with van der Waals surface area (Å²) in [4.78, 5) is 15.0. The van der Waals surface area contributed by atoms with Crippen molar-refractivity contribution in [1.82, 2.24) is 15.1 Å². The monoisotopic (exact) mass is 291 g/mol. The van der Waals surface area contributed by atoms with Gasteiger partial charge in [0.2, 0.25) is 5.91 Å². The number of aromatic amines is 1. The van der Waals surface area contributed by atoms with Gasteiger partial charge in [0, 0.05) is 17.5 Å². The molecule has 0 saturated heterocycles. The Morgan fingerprint density at radius 3 is 2.71 bits per heavy atom. The maximum absolute atomic E-state index is 13.0. The van der Waals surface area contributed by atoms with Crippen LogP contribution in [0.15, 0.2) is 6.20 Å². The molecule has 1 N–H and O–H groups in total. The summed E-state index contributed by atoms with van der Waals surface area (Å²) in [7, 11) is 0. The number of nitrogens with one attached hydrogen (secondary N) is 1. The highest BCUT2D eigenvalue weighted by atomic mass is 16.2. The third kappa shape index (κ3) is 3.66. The summed E-state index contributed by atoms with van der Waals surface area (Å²) in [6, 6.07) is 0. The molecule has 4 nitrogen and oxygen atoms in total. The molecular weight excluding hydrogens is 262 g/mol. The van der Waals surface area contributed by atoms with Crippen LogP contribution in [0.25, 0.3) is 0 Å². The first-order valence-electron chi connectivity index (χ1n) is 8.41. The largest absolute Gasteiger partial charge is 0.332 e. The van der Waals surface area contributed by atoms with Crippen molar-refractivity contribution < 1.29 is 4.79 Å². The van der Waals surface area contributed by atoms with Crippen molar-refractivity contribution in [2.24, 2.45) is 5.41 Å². The molecule has 1 aromatic rings. The van der Waals surface area contributed by atoms with Gasteiger partial charge in [0.05, 0.1) is 18.4 Å². The van der Waals surface area contributed by atoms with Crippen LogP contribution in [0.2, 0.25) is 0 Å². The molecule has 1 unspecified atom stereocenters. The van der Waals surface area contributed by atoms with E-state index in [-0.39, 0.29) is 5.41 Å². The zero-order valence-corrected chi connectivity index (χ0v) is 13.7. The van der Waals surface area contributed by atoms with Gasteiger partial charge in [0.15, 0.2) is 0 Å². The molecule has 0 aliphatic carbocycles. The number of fused-ring (bicyclic) bond motifs is 1. The van der Waals surface area contributed by atoms with E-state index in [4.69, 9.17) is 0 Å². The Kier molecular flexibility index (Phi) is 5.43. The number of hydrogen-bond donors (Lipinski definition) is 1. The molecule has 0 spiro atoms. The number of carbonyl (C=O) groups is 1. The van der Waals surface area contributed by atoms with Crippen molar-refractivity contribution >= 4 is 5.91 Å². The van der Waals surface area contributed by atoms with E-state index in [2.05, 4.69) is 31.0 Å². The van der Waals surface area contributed by atoms with Crippen molar-refractivity contribution in [1.29, 1.82) is 0 Å². The summed E-state index contributed by atoms with van der Waals surface area (Å²) in [5.41, 5.74) is 2.08. The predicted octanol–water partition coefficient (Wildman–Crippen LogP) is 4.03. The first-order valence-corrected chi connectivity index (χ1v) is 8.41. The lowest BCUT2D eigenvalue weighted by atomic mass is 9.79. The third-order valence-corrected chi connectivity index (χ3v) is 4.71. The van der Waals surface area contributed by atoms with Gasteiger partial charge in [-0.3, -0.25) is 9.89 Å². The number of unbranched alkanes of at least 4 members (excludes halogenated alkanes) is 3. The van der Waals surface area contributed by atoms with E-state index >= 15 is 0 Å². The van der Waals surface area contributed by atoms with E-state index in [1.54, 1.807) is 0 Å². The summed E-state index contributed by atoms with van der Waals surface area (Å²) < 4.78 is 0. The fourth-order valence-electron chi connectivity index (χ4n) is 3.42. The van der Waals surface area contributed by atoms with Crippen LogP contribution in [0.1, 0.15) is 77.0 Å². The summed E-state index contributed by atoms with van der Waals surface area (Å²) in [6.07, 6.45) is 9.84. The van der Waals surface area contributed by atoms with Gasteiger partial charge >= 0.3 is 0 Å². The predicted molar refractivity (Wildman–Crippen MR) is 84.6 cm³/mol. The minimum atomic E-state index is -0.195.